The summed E-state index contributed by atoms with van der Waals surface area (Å²) in [5, 5.41) is 3.19. The number of carbonyl (C=O) groups excluding carboxylic acids is 1. The van der Waals surface area contributed by atoms with Crippen molar-refractivity contribution in [3.63, 3.8) is 0 Å². The van der Waals surface area contributed by atoms with E-state index in [-0.39, 0.29) is 30.0 Å². The van der Waals surface area contributed by atoms with E-state index in [1.165, 1.54) is 0 Å². The van der Waals surface area contributed by atoms with Gasteiger partial charge in [0, 0.05) is 18.0 Å². The largest absolute Gasteiger partial charge is 0.491 e. The average Bonchev–Trinajstić information content (AvgIpc) is 3.35. The maximum Gasteiger partial charge on any atom is 0.491 e. The normalized spacial score (nSPS) is 22.3. The first-order valence-corrected chi connectivity index (χ1v) is 9.08. The van der Waals surface area contributed by atoms with E-state index in [2.05, 4.69) is 39.1 Å². The van der Waals surface area contributed by atoms with Crippen LogP contribution in [0.3, 0.4) is 0 Å². The molecule has 1 saturated carbocycles. The second-order valence-electron chi connectivity index (χ2n) is 8.10. The van der Waals surface area contributed by atoms with Crippen molar-refractivity contribution in [1.82, 2.24) is 5.32 Å². The third-order valence-corrected chi connectivity index (χ3v) is 5.43. The molecule has 0 atom stereocenters. The summed E-state index contributed by atoms with van der Waals surface area (Å²) in [4.78, 5) is 12.1. The molecular formula is C20H28BNO3. The summed E-state index contributed by atoms with van der Waals surface area (Å²) in [5.74, 6) is 0.530. The van der Waals surface area contributed by atoms with Crippen LogP contribution in [0.4, 0.5) is 0 Å². The van der Waals surface area contributed by atoms with Gasteiger partial charge in [-0.15, -0.1) is 0 Å². The number of rotatable bonds is 6. The van der Waals surface area contributed by atoms with E-state index in [1.807, 2.05) is 31.3 Å². The van der Waals surface area contributed by atoms with E-state index >= 15 is 0 Å². The number of likely N-dealkylation sites (N-methyl/N-ethyl adjacent to an activating group) is 1. The van der Waals surface area contributed by atoms with Crippen molar-refractivity contribution in [1.29, 1.82) is 0 Å². The van der Waals surface area contributed by atoms with Gasteiger partial charge in [0.15, 0.2) is 5.78 Å². The lowest BCUT2D eigenvalue weighted by Gasteiger charge is -2.32. The Labute approximate surface area is 151 Å². The average molecular weight is 341 g/mol. The first kappa shape index (κ1) is 18.4. The number of carbonyl (C=O) groups is 1. The highest BCUT2D eigenvalue weighted by molar-refractivity contribution is 6.55. The molecule has 134 valence electrons. The van der Waals surface area contributed by atoms with Crippen molar-refractivity contribution in [2.24, 2.45) is 5.92 Å². The van der Waals surface area contributed by atoms with E-state index in [0.717, 1.165) is 29.4 Å². The van der Waals surface area contributed by atoms with Crippen LogP contribution >= 0.6 is 0 Å². The van der Waals surface area contributed by atoms with Gasteiger partial charge in [-0.3, -0.25) is 4.79 Å². The fourth-order valence-electron chi connectivity index (χ4n) is 2.94. The summed E-state index contributed by atoms with van der Waals surface area (Å²) >= 11 is 0. The van der Waals surface area contributed by atoms with Gasteiger partial charge >= 0.3 is 7.12 Å². The molecule has 0 amide bonds. The molecule has 25 heavy (non-hydrogen) atoms. The lowest BCUT2D eigenvalue weighted by atomic mass is 9.77. The Morgan fingerprint density at radius 2 is 1.72 bits per heavy atom. The van der Waals surface area contributed by atoms with Gasteiger partial charge < -0.3 is 14.6 Å². The number of hydrogen-bond donors (Lipinski definition) is 1. The Morgan fingerprint density at radius 1 is 1.16 bits per heavy atom. The molecule has 0 spiro atoms. The molecule has 0 radical (unpaired) electrons. The van der Waals surface area contributed by atoms with Crippen molar-refractivity contribution >= 4 is 19.0 Å². The van der Waals surface area contributed by atoms with Crippen LogP contribution in [-0.2, 0) is 9.31 Å². The molecule has 0 unspecified atom stereocenters. The van der Waals surface area contributed by atoms with Crippen molar-refractivity contribution in [2.75, 3.05) is 13.6 Å². The number of nitrogens with one attached hydrogen (secondary N) is 1. The van der Waals surface area contributed by atoms with Gasteiger partial charge in [0.05, 0.1) is 11.2 Å². The highest BCUT2D eigenvalue weighted by atomic mass is 16.7. The predicted molar refractivity (Wildman–Crippen MR) is 101 cm³/mol. The van der Waals surface area contributed by atoms with Crippen molar-refractivity contribution in [2.45, 2.75) is 51.7 Å². The molecule has 1 saturated heterocycles. The van der Waals surface area contributed by atoms with E-state index < -0.39 is 0 Å². The summed E-state index contributed by atoms with van der Waals surface area (Å²) < 4.78 is 12.3. The Bertz CT molecular complexity index is 659. The molecule has 4 nitrogen and oxygen atoms in total. The predicted octanol–water partition coefficient (Wildman–Crippen LogP) is 3.51. The summed E-state index contributed by atoms with van der Waals surface area (Å²) in [6.07, 6.45) is 4.16. The van der Waals surface area contributed by atoms with Crippen molar-refractivity contribution in [3.05, 3.63) is 40.9 Å². The zero-order chi connectivity index (χ0) is 18.2. The second kappa shape index (κ2) is 6.71. The fourth-order valence-corrected chi connectivity index (χ4v) is 2.94. The molecule has 5 heteroatoms. The number of benzene rings is 1. The molecule has 1 N–H and O–H groups in total. The molecule has 2 fully saturated rings. The zero-order valence-corrected chi connectivity index (χ0v) is 15.9. The van der Waals surface area contributed by atoms with Gasteiger partial charge in [0.1, 0.15) is 0 Å². The fraction of sp³-hybridized carbons (Fsp3) is 0.550. The van der Waals surface area contributed by atoms with Crippen LogP contribution in [0.1, 0.15) is 56.5 Å². The highest BCUT2D eigenvalue weighted by Crippen LogP contribution is 2.38. The van der Waals surface area contributed by atoms with Crippen LogP contribution in [-0.4, -0.2) is 37.7 Å². The van der Waals surface area contributed by atoms with Gasteiger partial charge in [-0.1, -0.05) is 30.3 Å². The number of ketones is 1. The summed E-state index contributed by atoms with van der Waals surface area (Å²) in [6, 6.07) is 7.84. The molecule has 1 aromatic carbocycles. The Kier molecular flexibility index (Phi) is 4.93. The van der Waals surface area contributed by atoms with E-state index in [0.29, 0.717) is 6.54 Å². The van der Waals surface area contributed by atoms with Gasteiger partial charge in [0.25, 0.3) is 0 Å². The van der Waals surface area contributed by atoms with Crippen LogP contribution < -0.4 is 5.32 Å². The first-order chi connectivity index (χ1) is 11.7. The maximum atomic E-state index is 12.1. The Balaban J connectivity index is 1.79. The smallest absolute Gasteiger partial charge is 0.400 e. The van der Waals surface area contributed by atoms with Crippen molar-refractivity contribution < 1.29 is 14.1 Å². The third kappa shape index (κ3) is 3.89. The van der Waals surface area contributed by atoms with E-state index in [1.54, 1.807) is 0 Å². The monoisotopic (exact) mass is 341 g/mol. The topological polar surface area (TPSA) is 47.6 Å². The second-order valence-corrected chi connectivity index (χ2v) is 8.10. The van der Waals surface area contributed by atoms with E-state index in [9.17, 15) is 4.79 Å². The Morgan fingerprint density at radius 3 is 2.20 bits per heavy atom. The Hall–Kier alpha value is -1.43. The zero-order valence-electron chi connectivity index (χ0n) is 15.9. The van der Waals surface area contributed by atoms with Gasteiger partial charge in [-0.05, 0) is 58.6 Å². The van der Waals surface area contributed by atoms with Crippen LogP contribution in [0.5, 0.6) is 0 Å². The molecule has 0 bridgehead atoms. The van der Waals surface area contributed by atoms with Crippen LogP contribution in [0.15, 0.2) is 29.7 Å². The van der Waals surface area contributed by atoms with Crippen LogP contribution in [0, 0.1) is 5.92 Å². The molecule has 1 aliphatic carbocycles. The minimum atomic E-state index is -0.370. The summed E-state index contributed by atoms with van der Waals surface area (Å²) in [6.45, 7) is 8.91. The number of hydrogen-bond acceptors (Lipinski definition) is 4. The standard InChI is InChI=1S/C20H28BNO3/c1-19(2)20(3,4)25-21(24-19)17(13-22-5)12-14-6-8-15(9-7-14)18(23)16-10-11-16/h6-9,12,16,22H,10-11,13H2,1-5H3. The van der Waals surface area contributed by atoms with Gasteiger partial charge in [-0.25, -0.2) is 0 Å². The maximum absolute atomic E-state index is 12.1. The lowest BCUT2D eigenvalue weighted by Crippen LogP contribution is -2.41. The number of Topliss-reactive ketones (excluding diaryl/α,β-unsaturated/α-hetero) is 1. The molecule has 0 aromatic heterocycles. The minimum absolute atomic E-state index is 0.256. The SMILES string of the molecule is CNCC(=Cc1ccc(C(=O)C2CC2)cc1)B1OC(C)(C)C(C)(C)O1. The molecule has 1 aromatic rings. The van der Waals surface area contributed by atoms with Crippen molar-refractivity contribution in [3.8, 4) is 0 Å². The van der Waals surface area contributed by atoms with Crippen LogP contribution in [0.25, 0.3) is 6.08 Å². The lowest BCUT2D eigenvalue weighted by molar-refractivity contribution is 0.00578. The highest BCUT2D eigenvalue weighted by Gasteiger charge is 2.52. The molecular weight excluding hydrogens is 313 g/mol. The minimum Gasteiger partial charge on any atom is -0.400 e. The summed E-state index contributed by atoms with van der Waals surface area (Å²) in [5.41, 5.74) is 2.19. The third-order valence-electron chi connectivity index (χ3n) is 5.43. The van der Waals surface area contributed by atoms with Crippen LogP contribution in [0.2, 0.25) is 0 Å². The molecule has 1 heterocycles. The first-order valence-electron chi connectivity index (χ1n) is 9.08. The summed E-state index contributed by atoms with van der Waals surface area (Å²) in [7, 11) is 1.54. The quantitative estimate of drug-likeness (QED) is 0.635. The molecule has 3 rings (SSSR count). The van der Waals surface area contributed by atoms with E-state index in [4.69, 9.17) is 9.31 Å². The molecule has 1 aliphatic heterocycles. The van der Waals surface area contributed by atoms with Gasteiger partial charge in [-0.2, -0.15) is 0 Å². The van der Waals surface area contributed by atoms with Gasteiger partial charge in [0.2, 0.25) is 0 Å². The molecule has 2 aliphatic rings.